The molecule has 1 atom stereocenters. The van der Waals surface area contributed by atoms with E-state index in [2.05, 4.69) is 0 Å². The molecule has 112 valence electrons. The Labute approximate surface area is 124 Å². The van der Waals surface area contributed by atoms with Crippen molar-refractivity contribution in [3.63, 3.8) is 0 Å². The maximum atomic E-state index is 13.8. The third-order valence-corrected chi connectivity index (χ3v) is 3.13. The fourth-order valence-electron chi connectivity index (χ4n) is 1.95. The highest BCUT2D eigenvalue weighted by molar-refractivity contribution is 5.31. The summed E-state index contributed by atoms with van der Waals surface area (Å²) in [6.07, 6.45) is -0.819. The van der Waals surface area contributed by atoms with E-state index in [1.54, 1.807) is 49.4 Å². The summed E-state index contributed by atoms with van der Waals surface area (Å²) >= 11 is 0. The topological polar surface area (TPSA) is 38.7 Å². The highest BCUT2D eigenvalue weighted by Gasteiger charge is 2.11. The molecule has 0 bridgehead atoms. The number of rotatable bonds is 6. The first-order chi connectivity index (χ1) is 10.1. The van der Waals surface area contributed by atoms with Gasteiger partial charge in [0.2, 0.25) is 0 Å². The molecule has 3 nitrogen and oxygen atoms in total. The Morgan fingerprint density at radius 2 is 1.81 bits per heavy atom. The summed E-state index contributed by atoms with van der Waals surface area (Å²) in [5.41, 5.74) is 1.22. The lowest BCUT2D eigenvalue weighted by atomic mass is 10.1. The second kappa shape index (κ2) is 7.09. The van der Waals surface area contributed by atoms with Crippen molar-refractivity contribution < 1.29 is 19.0 Å². The molecule has 0 saturated heterocycles. The number of aliphatic hydroxyl groups excluding tert-OH is 1. The molecular weight excluding hydrogens is 271 g/mol. The molecule has 2 rings (SSSR count). The zero-order valence-electron chi connectivity index (χ0n) is 12.2. The van der Waals surface area contributed by atoms with Crippen LogP contribution in [-0.2, 0) is 0 Å². The summed E-state index contributed by atoms with van der Waals surface area (Å²) in [6.45, 7) is 4.17. The molecule has 0 amide bonds. The van der Waals surface area contributed by atoms with E-state index in [1.165, 1.54) is 0 Å². The minimum absolute atomic E-state index is 0.00560. The van der Waals surface area contributed by atoms with Crippen LogP contribution < -0.4 is 9.47 Å². The number of ether oxygens (including phenoxy) is 2. The van der Waals surface area contributed by atoms with Crippen LogP contribution in [0, 0.1) is 12.7 Å². The lowest BCUT2D eigenvalue weighted by molar-refractivity contribution is 0.105. The van der Waals surface area contributed by atoms with E-state index in [0.717, 1.165) is 5.75 Å². The fourth-order valence-corrected chi connectivity index (χ4v) is 1.95. The Kier molecular flexibility index (Phi) is 5.17. The van der Waals surface area contributed by atoms with Gasteiger partial charge in [-0.25, -0.2) is 4.39 Å². The van der Waals surface area contributed by atoms with E-state index in [-0.39, 0.29) is 12.4 Å². The zero-order chi connectivity index (χ0) is 15.2. The molecule has 1 N–H and O–H groups in total. The van der Waals surface area contributed by atoms with Crippen LogP contribution in [0.15, 0.2) is 42.5 Å². The first-order valence-electron chi connectivity index (χ1n) is 6.90. The molecule has 2 aromatic rings. The van der Waals surface area contributed by atoms with Crippen LogP contribution in [0.2, 0.25) is 0 Å². The van der Waals surface area contributed by atoms with Crippen molar-refractivity contribution in [2.45, 2.75) is 20.0 Å². The molecule has 0 fully saturated rings. The summed E-state index contributed by atoms with van der Waals surface area (Å²) in [5.74, 6) is 0.510. The number of hydrogen-bond donors (Lipinski definition) is 1. The van der Waals surface area contributed by atoms with Crippen molar-refractivity contribution in [1.29, 1.82) is 0 Å². The lowest BCUT2D eigenvalue weighted by Crippen LogP contribution is -2.10. The molecule has 0 aliphatic rings. The van der Waals surface area contributed by atoms with Crippen molar-refractivity contribution >= 4 is 0 Å². The predicted octanol–water partition coefficient (Wildman–Crippen LogP) is 3.65. The molecule has 1 unspecified atom stereocenters. The van der Waals surface area contributed by atoms with Gasteiger partial charge in [-0.1, -0.05) is 24.3 Å². The van der Waals surface area contributed by atoms with Gasteiger partial charge in [0, 0.05) is 0 Å². The van der Waals surface area contributed by atoms with Gasteiger partial charge in [-0.05, 0) is 43.2 Å². The molecular formula is C17H19FO3. The van der Waals surface area contributed by atoms with Crippen LogP contribution in [0.1, 0.15) is 24.2 Å². The van der Waals surface area contributed by atoms with Gasteiger partial charge in [-0.3, -0.25) is 0 Å². The smallest absolute Gasteiger partial charge is 0.167 e. The summed E-state index contributed by atoms with van der Waals surface area (Å²) in [7, 11) is 0. The molecule has 0 radical (unpaired) electrons. The molecule has 0 aliphatic heterocycles. The number of halogens is 1. The maximum Gasteiger partial charge on any atom is 0.167 e. The highest BCUT2D eigenvalue weighted by atomic mass is 19.1. The predicted molar refractivity (Wildman–Crippen MR) is 79.2 cm³/mol. The Balaban J connectivity index is 1.98. The van der Waals surface area contributed by atoms with E-state index in [1.807, 2.05) is 6.92 Å². The van der Waals surface area contributed by atoms with E-state index >= 15 is 0 Å². The largest absolute Gasteiger partial charge is 0.494 e. The Morgan fingerprint density at radius 3 is 2.48 bits per heavy atom. The van der Waals surface area contributed by atoms with Crippen LogP contribution in [-0.4, -0.2) is 18.3 Å². The highest BCUT2D eigenvalue weighted by Crippen LogP contribution is 2.22. The SMILES string of the molecule is CCOc1ccc(C(O)COc2cccc(C)c2F)cc1. The van der Waals surface area contributed by atoms with Gasteiger partial charge < -0.3 is 14.6 Å². The number of benzene rings is 2. The molecule has 0 aliphatic carbocycles. The molecule has 0 saturated carbocycles. The summed E-state index contributed by atoms with van der Waals surface area (Å²) in [6, 6.07) is 12.1. The van der Waals surface area contributed by atoms with Gasteiger partial charge in [0.05, 0.1) is 6.61 Å². The molecule has 21 heavy (non-hydrogen) atoms. The maximum absolute atomic E-state index is 13.8. The van der Waals surface area contributed by atoms with E-state index in [4.69, 9.17) is 9.47 Å². The first-order valence-corrected chi connectivity index (χ1v) is 6.90. The molecule has 2 aromatic carbocycles. The van der Waals surface area contributed by atoms with E-state index < -0.39 is 11.9 Å². The molecule has 0 aromatic heterocycles. The average molecular weight is 290 g/mol. The van der Waals surface area contributed by atoms with Gasteiger partial charge in [-0.15, -0.1) is 0 Å². The Hall–Kier alpha value is -2.07. The van der Waals surface area contributed by atoms with Crippen LogP contribution in [0.25, 0.3) is 0 Å². The summed E-state index contributed by atoms with van der Waals surface area (Å²) in [4.78, 5) is 0. The number of aliphatic hydroxyl groups is 1. The lowest BCUT2D eigenvalue weighted by Gasteiger charge is -2.14. The van der Waals surface area contributed by atoms with Crippen LogP contribution in [0.3, 0.4) is 0 Å². The Morgan fingerprint density at radius 1 is 1.10 bits per heavy atom. The third-order valence-electron chi connectivity index (χ3n) is 3.13. The fraction of sp³-hybridized carbons (Fsp3) is 0.294. The first kappa shape index (κ1) is 15.3. The average Bonchev–Trinajstić information content (AvgIpc) is 2.49. The van der Waals surface area contributed by atoms with E-state index in [9.17, 15) is 9.50 Å². The van der Waals surface area contributed by atoms with Crippen molar-refractivity contribution in [1.82, 2.24) is 0 Å². The van der Waals surface area contributed by atoms with Crippen LogP contribution in [0.4, 0.5) is 4.39 Å². The molecule has 0 heterocycles. The van der Waals surface area contributed by atoms with Gasteiger partial charge in [0.25, 0.3) is 0 Å². The van der Waals surface area contributed by atoms with Crippen molar-refractivity contribution in [3.05, 3.63) is 59.4 Å². The molecule has 4 heteroatoms. The second-order valence-electron chi connectivity index (χ2n) is 4.72. The monoisotopic (exact) mass is 290 g/mol. The summed E-state index contributed by atoms with van der Waals surface area (Å²) < 4.78 is 24.5. The normalized spacial score (nSPS) is 12.0. The van der Waals surface area contributed by atoms with Crippen molar-refractivity contribution in [2.75, 3.05) is 13.2 Å². The standard InChI is InChI=1S/C17H19FO3/c1-3-20-14-9-7-13(8-10-14)15(19)11-21-16-6-4-5-12(2)17(16)18/h4-10,15,19H,3,11H2,1-2H3. The van der Waals surface area contributed by atoms with Gasteiger partial charge in [-0.2, -0.15) is 0 Å². The molecule has 0 spiro atoms. The quantitative estimate of drug-likeness (QED) is 0.882. The van der Waals surface area contributed by atoms with Gasteiger partial charge in [0.15, 0.2) is 11.6 Å². The second-order valence-corrected chi connectivity index (χ2v) is 4.72. The zero-order valence-corrected chi connectivity index (χ0v) is 12.2. The van der Waals surface area contributed by atoms with Crippen LogP contribution >= 0.6 is 0 Å². The van der Waals surface area contributed by atoms with Crippen LogP contribution in [0.5, 0.6) is 11.5 Å². The van der Waals surface area contributed by atoms with Gasteiger partial charge >= 0.3 is 0 Å². The third kappa shape index (κ3) is 3.95. The summed E-state index contributed by atoms with van der Waals surface area (Å²) in [5, 5.41) is 10.1. The van der Waals surface area contributed by atoms with Crippen molar-refractivity contribution in [2.24, 2.45) is 0 Å². The van der Waals surface area contributed by atoms with Crippen molar-refractivity contribution in [3.8, 4) is 11.5 Å². The van der Waals surface area contributed by atoms with E-state index in [0.29, 0.717) is 17.7 Å². The minimum atomic E-state index is -0.819. The number of hydrogen-bond acceptors (Lipinski definition) is 3. The minimum Gasteiger partial charge on any atom is -0.494 e. The Bertz CT molecular complexity index is 581. The van der Waals surface area contributed by atoms with Gasteiger partial charge in [0.1, 0.15) is 18.5 Å². The number of aryl methyl sites for hydroxylation is 1.